The quantitative estimate of drug-likeness (QED) is 0.301. The fourth-order valence-corrected chi connectivity index (χ4v) is 5.28. The lowest BCUT2D eigenvalue weighted by Gasteiger charge is -2.20. The first-order chi connectivity index (χ1) is 17.9. The van der Waals surface area contributed by atoms with Crippen LogP contribution in [0.25, 0.3) is 6.08 Å². The Balaban J connectivity index is 1.76. The van der Waals surface area contributed by atoms with Gasteiger partial charge in [-0.25, -0.2) is 0 Å². The fourth-order valence-electron chi connectivity index (χ4n) is 4.05. The molecule has 1 amide bonds. The van der Waals surface area contributed by atoms with Crippen molar-refractivity contribution in [3.05, 3.63) is 85.9 Å². The van der Waals surface area contributed by atoms with Crippen LogP contribution in [0, 0.1) is 18.3 Å². The minimum absolute atomic E-state index is 0.0563. The number of pyridine rings is 1. The maximum absolute atomic E-state index is 13.3. The van der Waals surface area contributed by atoms with Gasteiger partial charge in [0.15, 0.2) is 0 Å². The molecule has 0 bridgehead atoms. The number of nitrogens with one attached hydrogen (secondary N) is 1. The molecule has 0 aliphatic carbocycles. The standard InChI is InChI=1S/C27H26N4O4S2/c1-4-11-30-24(29-15-18-7-9-19(34-3)10-8-18)21(17(2)22(14-28)25(30)32)13-23-26(33)31(27(36)37-23)16-20-6-5-12-35-20/h5-10,12-13,29H,4,11,15-16H2,1-3H3/b23-13+. The number of furan rings is 1. The van der Waals surface area contributed by atoms with Gasteiger partial charge in [0.05, 0.1) is 24.8 Å². The highest BCUT2D eigenvalue weighted by Gasteiger charge is 2.33. The number of thioether (sulfide) groups is 1. The maximum Gasteiger partial charge on any atom is 0.270 e. The highest BCUT2D eigenvalue weighted by molar-refractivity contribution is 8.26. The van der Waals surface area contributed by atoms with Crippen molar-refractivity contribution in [3.8, 4) is 11.8 Å². The van der Waals surface area contributed by atoms with Crippen LogP contribution < -0.4 is 15.6 Å². The van der Waals surface area contributed by atoms with E-state index in [0.29, 0.717) is 51.4 Å². The van der Waals surface area contributed by atoms with E-state index in [1.807, 2.05) is 31.2 Å². The van der Waals surface area contributed by atoms with Gasteiger partial charge in [-0.15, -0.1) is 0 Å². The number of aromatic nitrogens is 1. The molecule has 1 N–H and O–H groups in total. The topological polar surface area (TPSA) is 100 Å². The number of rotatable bonds is 9. The SMILES string of the molecule is CCCn1c(NCc2ccc(OC)cc2)c(/C=C2/SC(=S)N(Cc3ccco3)C2=O)c(C)c(C#N)c1=O. The second-order valence-corrected chi connectivity index (χ2v) is 10.1. The Labute approximate surface area is 224 Å². The predicted molar refractivity (Wildman–Crippen MR) is 148 cm³/mol. The van der Waals surface area contributed by atoms with E-state index in [9.17, 15) is 14.9 Å². The number of ether oxygens (including phenoxy) is 1. The minimum atomic E-state index is -0.360. The first kappa shape index (κ1) is 26.3. The highest BCUT2D eigenvalue weighted by Crippen LogP contribution is 2.36. The lowest BCUT2D eigenvalue weighted by molar-refractivity contribution is -0.122. The molecule has 37 heavy (non-hydrogen) atoms. The molecule has 3 heterocycles. The van der Waals surface area contributed by atoms with Crippen LogP contribution in [0.2, 0.25) is 0 Å². The molecule has 3 aromatic rings. The summed E-state index contributed by atoms with van der Waals surface area (Å²) in [7, 11) is 1.61. The van der Waals surface area contributed by atoms with Crippen LogP contribution in [-0.2, 0) is 24.4 Å². The van der Waals surface area contributed by atoms with Gasteiger partial charge in [-0.3, -0.25) is 19.1 Å². The van der Waals surface area contributed by atoms with E-state index in [0.717, 1.165) is 11.3 Å². The molecule has 0 radical (unpaired) electrons. The van der Waals surface area contributed by atoms with E-state index in [-0.39, 0.29) is 23.6 Å². The molecule has 0 saturated carbocycles. The van der Waals surface area contributed by atoms with Crippen molar-refractivity contribution < 1.29 is 13.9 Å². The third-order valence-corrected chi connectivity index (χ3v) is 7.36. The van der Waals surface area contributed by atoms with Crippen LogP contribution in [0.3, 0.4) is 0 Å². The van der Waals surface area contributed by atoms with Crippen LogP contribution >= 0.6 is 24.0 Å². The number of thiocarbonyl (C=S) groups is 1. The first-order valence-corrected chi connectivity index (χ1v) is 12.9. The Morgan fingerprint density at radius 2 is 2.00 bits per heavy atom. The van der Waals surface area contributed by atoms with Crippen LogP contribution in [0.1, 0.15) is 41.4 Å². The van der Waals surface area contributed by atoms with E-state index in [1.165, 1.54) is 16.7 Å². The van der Waals surface area contributed by atoms with Gasteiger partial charge in [0, 0.05) is 18.7 Å². The van der Waals surface area contributed by atoms with Crippen molar-refractivity contribution >= 4 is 46.1 Å². The summed E-state index contributed by atoms with van der Waals surface area (Å²) in [5.74, 6) is 1.67. The molecule has 4 rings (SSSR count). The summed E-state index contributed by atoms with van der Waals surface area (Å²) in [6.07, 6.45) is 3.96. The largest absolute Gasteiger partial charge is 0.497 e. The summed E-state index contributed by atoms with van der Waals surface area (Å²) in [4.78, 5) is 28.4. The number of carbonyl (C=O) groups excluding carboxylic acids is 1. The third kappa shape index (κ3) is 5.48. The van der Waals surface area contributed by atoms with Crippen LogP contribution in [0.15, 0.2) is 56.8 Å². The van der Waals surface area contributed by atoms with Crippen LogP contribution in [-0.4, -0.2) is 26.8 Å². The average molecular weight is 535 g/mol. The third-order valence-electron chi connectivity index (χ3n) is 5.98. The number of carbonyl (C=O) groups is 1. The summed E-state index contributed by atoms with van der Waals surface area (Å²) < 4.78 is 12.6. The average Bonchev–Trinajstić information content (AvgIpc) is 3.51. The Morgan fingerprint density at radius 1 is 1.24 bits per heavy atom. The smallest absolute Gasteiger partial charge is 0.270 e. The summed E-state index contributed by atoms with van der Waals surface area (Å²) in [5.41, 5.74) is 1.79. The summed E-state index contributed by atoms with van der Waals surface area (Å²) in [6, 6.07) is 13.2. The van der Waals surface area contributed by atoms with Crippen molar-refractivity contribution in [1.82, 2.24) is 9.47 Å². The molecule has 0 spiro atoms. The lowest BCUT2D eigenvalue weighted by Crippen LogP contribution is -2.28. The van der Waals surface area contributed by atoms with Crippen molar-refractivity contribution in [2.24, 2.45) is 0 Å². The van der Waals surface area contributed by atoms with Crippen LogP contribution in [0.4, 0.5) is 5.82 Å². The number of anilines is 1. The molecule has 190 valence electrons. The van der Waals surface area contributed by atoms with Gasteiger partial charge in [0.2, 0.25) is 0 Å². The van der Waals surface area contributed by atoms with E-state index in [1.54, 1.807) is 43.1 Å². The molecule has 1 fully saturated rings. The minimum Gasteiger partial charge on any atom is -0.497 e. The number of nitrogens with zero attached hydrogens (tertiary/aromatic N) is 3. The monoisotopic (exact) mass is 534 g/mol. The molecule has 1 saturated heterocycles. The van der Waals surface area contributed by atoms with Crippen molar-refractivity contribution in [2.45, 2.75) is 39.9 Å². The van der Waals surface area contributed by atoms with Crippen LogP contribution in [0.5, 0.6) is 5.75 Å². The molecule has 10 heteroatoms. The second-order valence-electron chi connectivity index (χ2n) is 8.38. The fraction of sp³-hybridized carbons (Fsp3) is 0.259. The molecule has 0 atom stereocenters. The molecular weight excluding hydrogens is 508 g/mol. The van der Waals surface area contributed by atoms with E-state index < -0.39 is 0 Å². The van der Waals surface area contributed by atoms with Crippen molar-refractivity contribution in [1.29, 1.82) is 5.26 Å². The Bertz CT molecular complexity index is 1450. The normalized spacial score (nSPS) is 14.3. The van der Waals surface area contributed by atoms with Gasteiger partial charge in [-0.2, -0.15) is 5.26 Å². The zero-order chi connectivity index (χ0) is 26.5. The molecule has 1 aliphatic heterocycles. The summed E-state index contributed by atoms with van der Waals surface area (Å²) in [5, 5.41) is 13.2. The Morgan fingerprint density at radius 3 is 2.62 bits per heavy atom. The highest BCUT2D eigenvalue weighted by atomic mass is 32.2. The van der Waals surface area contributed by atoms with E-state index in [2.05, 4.69) is 11.4 Å². The maximum atomic E-state index is 13.3. The van der Waals surface area contributed by atoms with E-state index >= 15 is 0 Å². The lowest BCUT2D eigenvalue weighted by atomic mass is 10.0. The molecule has 1 aliphatic rings. The predicted octanol–water partition coefficient (Wildman–Crippen LogP) is 5.05. The Kier molecular flexibility index (Phi) is 8.16. The molecular formula is C27H26N4O4S2. The Hall–Kier alpha value is -3.81. The molecule has 8 nitrogen and oxygen atoms in total. The molecule has 0 unspecified atom stereocenters. The number of amides is 1. The number of methoxy groups -OCH3 is 1. The van der Waals surface area contributed by atoms with Gasteiger partial charge in [0.1, 0.15) is 33.3 Å². The molecule has 1 aromatic carbocycles. The number of hydrogen-bond acceptors (Lipinski definition) is 8. The van der Waals surface area contributed by atoms with Gasteiger partial charge in [0.25, 0.3) is 11.5 Å². The molecule has 2 aromatic heterocycles. The zero-order valence-corrected chi connectivity index (χ0v) is 22.4. The number of hydrogen-bond donors (Lipinski definition) is 1. The van der Waals surface area contributed by atoms with Crippen molar-refractivity contribution in [3.63, 3.8) is 0 Å². The number of nitriles is 1. The van der Waals surface area contributed by atoms with Gasteiger partial charge >= 0.3 is 0 Å². The van der Waals surface area contributed by atoms with Crippen molar-refractivity contribution in [2.75, 3.05) is 12.4 Å². The van der Waals surface area contributed by atoms with E-state index in [4.69, 9.17) is 21.4 Å². The summed E-state index contributed by atoms with van der Waals surface area (Å²) in [6.45, 7) is 4.77. The number of benzene rings is 1. The summed E-state index contributed by atoms with van der Waals surface area (Å²) >= 11 is 6.66. The van der Waals surface area contributed by atoms with Gasteiger partial charge in [-0.1, -0.05) is 43.0 Å². The zero-order valence-electron chi connectivity index (χ0n) is 20.7. The van der Waals surface area contributed by atoms with Gasteiger partial charge < -0.3 is 14.5 Å². The van der Waals surface area contributed by atoms with Gasteiger partial charge in [-0.05, 0) is 54.8 Å². The first-order valence-electron chi connectivity index (χ1n) is 11.7. The second kappa shape index (κ2) is 11.5.